The Morgan fingerprint density at radius 1 is 0.471 bits per heavy atom. The fourth-order valence-corrected chi connectivity index (χ4v) is 0. The van der Waals surface area contributed by atoms with Gasteiger partial charge in [-0.15, -0.1) is 0 Å². The van der Waals surface area contributed by atoms with E-state index in [1.165, 1.54) is 0 Å². The van der Waals surface area contributed by atoms with Gasteiger partial charge in [0.15, 0.2) is 0 Å². The second-order valence-electron chi connectivity index (χ2n) is 1.13. The van der Waals surface area contributed by atoms with Crippen molar-refractivity contribution in [2.45, 2.75) is 0 Å². The second-order valence-corrected chi connectivity index (χ2v) is 4.68. The van der Waals surface area contributed by atoms with Gasteiger partial charge < -0.3 is 0 Å². The van der Waals surface area contributed by atoms with Gasteiger partial charge in [0, 0.05) is 0 Å². The van der Waals surface area contributed by atoms with Crippen LogP contribution in [-0.4, -0.2) is 0 Å². The fraction of sp³-hybridized carbons (Fsp3) is 0. The standard InChI is InChI=1S/Li.3Mn.12O.V/q+1;;;;;;;;;;6*-1;+5. The maximum absolute atomic E-state index is 8.58. The van der Waals surface area contributed by atoms with Gasteiger partial charge in [-0.1, -0.05) is 0 Å². The van der Waals surface area contributed by atoms with E-state index in [9.17, 15) is 0 Å². The molecule has 0 aromatic heterocycles. The third-order valence-electron chi connectivity index (χ3n) is 0. The molecule has 0 heterocycles. The van der Waals surface area contributed by atoms with Crippen LogP contribution < -0.4 is 44.0 Å². The average molecular weight is 415 g/mol. The van der Waals surface area contributed by atoms with E-state index in [0.29, 0.717) is 0 Å². The first-order valence-corrected chi connectivity index (χ1v) is 7.63. The Hall–Kier alpha value is 1.30. The van der Waals surface area contributed by atoms with Crippen LogP contribution in [0.2, 0.25) is 0 Å². The molecule has 0 aromatic rings. The summed E-state index contributed by atoms with van der Waals surface area (Å²) in [4.78, 5) is 0. The minimum atomic E-state index is -5.62. The van der Waals surface area contributed by atoms with Crippen LogP contribution in [0, 0.1) is 0 Å². The monoisotopic (exact) mass is 415 g/mol. The number of hydrogen-bond acceptors (Lipinski definition) is 12. The molecule has 17 heteroatoms. The molecule has 0 aliphatic rings. The van der Waals surface area contributed by atoms with Crippen LogP contribution in [0.25, 0.3) is 0 Å². The maximum atomic E-state index is 8.58. The largest absolute Gasteiger partial charge is 5.00 e. The molecule has 0 fully saturated rings. The minimum Gasteiger partial charge on any atom is 5.00 e. The first-order valence-electron chi connectivity index (χ1n) is 1.85. The quantitative estimate of drug-likeness (QED) is 0.335. The molecule has 0 N–H and O–H groups in total. The second kappa shape index (κ2) is 12.3. The topological polar surface area (TPSA) is 241 Å². The Morgan fingerprint density at radius 3 is 0.471 bits per heavy atom. The Bertz CT molecular complexity index is 343. The van der Waals surface area contributed by atoms with Gasteiger partial charge in [0.2, 0.25) is 0 Å². The van der Waals surface area contributed by atoms with Crippen molar-refractivity contribution in [2.24, 2.45) is 0 Å². The average Bonchev–Trinajstić information content (AvgIpc) is 1.41. The van der Waals surface area contributed by atoms with Crippen molar-refractivity contribution in [1.82, 2.24) is 0 Å². The summed E-state index contributed by atoms with van der Waals surface area (Å²) in [5, 5.41) is 0. The molecular weight excluding hydrogens is 415 g/mol. The zero-order chi connectivity index (χ0) is 13.5. The summed E-state index contributed by atoms with van der Waals surface area (Å²) in [6.07, 6.45) is 0. The molecule has 0 unspecified atom stereocenters. The fourth-order valence-electron chi connectivity index (χ4n) is 0. The van der Waals surface area contributed by atoms with Crippen molar-refractivity contribution in [3.8, 4) is 0 Å². The predicted octanol–water partition coefficient (Wildman–Crippen LogP) is -10.9. The van der Waals surface area contributed by atoms with Gasteiger partial charge in [0.1, 0.15) is 0 Å². The Kier molecular flexibility index (Phi) is 22.5. The summed E-state index contributed by atoms with van der Waals surface area (Å²) in [5.41, 5.74) is 0. The van der Waals surface area contributed by atoms with Gasteiger partial charge in [-0.25, -0.2) is 0 Å². The summed E-state index contributed by atoms with van der Waals surface area (Å²) in [6, 6.07) is 0. The number of rotatable bonds is 0. The Morgan fingerprint density at radius 2 is 0.471 bits per heavy atom. The zero-order valence-corrected chi connectivity index (χ0v) is 12.4. The summed E-state index contributed by atoms with van der Waals surface area (Å²) in [6.45, 7) is 0. The Labute approximate surface area is 125 Å². The van der Waals surface area contributed by atoms with Crippen LogP contribution >= 0.6 is 0 Å². The SMILES string of the molecule is [Li+].[O]=[Mn](=[O])([O-])[O-].[O]=[Mn](=[O])([O-])[O-].[O]=[Mn](=[O])([O-])[O-].[V+5]. The molecule has 0 amide bonds. The van der Waals surface area contributed by atoms with Crippen LogP contribution in [0.3, 0.4) is 0 Å². The molecule has 0 spiro atoms. The molecule has 0 saturated heterocycles. The summed E-state index contributed by atoms with van der Waals surface area (Å²) >= 11 is -16.9. The maximum Gasteiger partial charge on any atom is 5.00 e. The molecule has 0 aliphatic carbocycles. The molecule has 99 valence electrons. The molecule has 17 heavy (non-hydrogen) atoms. The van der Waals surface area contributed by atoms with Crippen LogP contribution in [-0.2, 0) is 81.7 Å². The van der Waals surface area contributed by atoms with E-state index in [4.69, 9.17) is 48.1 Å². The van der Waals surface area contributed by atoms with Gasteiger partial charge in [-0.05, 0) is 0 Å². The van der Waals surface area contributed by atoms with E-state index < -0.39 is 40.1 Å². The van der Waals surface area contributed by atoms with Crippen molar-refractivity contribution in [3.05, 3.63) is 0 Å². The molecule has 0 bridgehead atoms. The first kappa shape index (κ1) is 31.0. The van der Waals surface area contributed by atoms with Crippen LogP contribution in [0.15, 0.2) is 0 Å². The van der Waals surface area contributed by atoms with Crippen molar-refractivity contribution in [3.63, 3.8) is 0 Å². The molecule has 0 saturated carbocycles. The van der Waals surface area contributed by atoms with Crippen molar-refractivity contribution in [2.75, 3.05) is 0 Å². The summed E-state index contributed by atoms with van der Waals surface area (Å²) < 4.78 is 103. The molecule has 12 nitrogen and oxygen atoms in total. The van der Waals surface area contributed by atoms with E-state index in [2.05, 4.69) is 0 Å². The molecule has 0 atom stereocenters. The normalized spacial score (nSPS) is 10.2. The third kappa shape index (κ3) is 2400. The minimum absolute atomic E-state index is 0. The van der Waals surface area contributed by atoms with Crippen LogP contribution in [0.1, 0.15) is 0 Å². The van der Waals surface area contributed by atoms with Gasteiger partial charge in [0.25, 0.3) is 0 Å². The molecular formula is LiMn3O12V. The van der Waals surface area contributed by atoms with Crippen LogP contribution in [0.4, 0.5) is 0 Å². The molecule has 0 radical (unpaired) electrons. The van der Waals surface area contributed by atoms with Gasteiger partial charge >= 0.3 is 126 Å². The number of hydrogen-bond donors (Lipinski definition) is 0. The molecule has 0 aromatic carbocycles. The van der Waals surface area contributed by atoms with Crippen molar-refractivity contribution in [1.29, 1.82) is 0 Å². The zero-order valence-electron chi connectivity index (χ0n) is 7.48. The first-order chi connectivity index (χ1) is 6.00. The van der Waals surface area contributed by atoms with E-state index >= 15 is 0 Å². The van der Waals surface area contributed by atoms with Crippen molar-refractivity contribution >= 4 is 0 Å². The molecule has 0 aliphatic heterocycles. The van der Waals surface area contributed by atoms with E-state index in [-0.39, 0.29) is 37.4 Å². The smallest absolute Gasteiger partial charge is 5.00 e. The summed E-state index contributed by atoms with van der Waals surface area (Å²) in [7, 11) is 0. The predicted molar refractivity (Wildman–Crippen MR) is 4.12 cm³/mol. The van der Waals surface area contributed by atoms with E-state index in [1.807, 2.05) is 0 Å². The third-order valence-corrected chi connectivity index (χ3v) is 0. The molecule has 0 rings (SSSR count). The van der Waals surface area contributed by atoms with E-state index in [1.54, 1.807) is 0 Å². The van der Waals surface area contributed by atoms with Crippen molar-refractivity contribution < 1.29 is 126 Å². The van der Waals surface area contributed by atoms with Gasteiger partial charge in [-0.2, -0.15) is 0 Å². The van der Waals surface area contributed by atoms with E-state index in [0.717, 1.165) is 0 Å². The Balaban J connectivity index is -0.0000000400. The van der Waals surface area contributed by atoms with Gasteiger partial charge in [-0.3, -0.25) is 0 Å². The van der Waals surface area contributed by atoms with Crippen LogP contribution in [0.5, 0.6) is 0 Å². The van der Waals surface area contributed by atoms with Gasteiger partial charge in [0.05, 0.1) is 0 Å². The summed E-state index contributed by atoms with van der Waals surface area (Å²) in [5.74, 6) is 0.